The van der Waals surface area contributed by atoms with Gasteiger partial charge in [0, 0.05) is 0 Å². The summed E-state index contributed by atoms with van der Waals surface area (Å²) < 4.78 is 41.6. The van der Waals surface area contributed by atoms with E-state index in [1.54, 1.807) is 27.7 Å². The standard InChI is InChI=1S/C14H18O7S.K.H/c1-8(2)20-13(15)10-5-11(14(16)21-9(3)4)7-12(6-10)22(17,18)19;;/h5-9H,1-4H3,(H,17,18,19);;/q;+1;-1. The van der Waals surface area contributed by atoms with Gasteiger partial charge in [0.1, 0.15) is 0 Å². The molecule has 0 fully saturated rings. The Morgan fingerprint density at radius 3 is 1.57 bits per heavy atom. The minimum Gasteiger partial charge on any atom is -1.00 e. The summed E-state index contributed by atoms with van der Waals surface area (Å²) in [5.74, 6) is -1.61. The maximum absolute atomic E-state index is 11.9. The van der Waals surface area contributed by atoms with Crippen molar-refractivity contribution in [2.75, 3.05) is 0 Å². The van der Waals surface area contributed by atoms with E-state index >= 15 is 0 Å². The largest absolute Gasteiger partial charge is 1.00 e. The fraction of sp³-hybridized carbons (Fsp3) is 0.429. The van der Waals surface area contributed by atoms with Crippen LogP contribution in [0.3, 0.4) is 0 Å². The van der Waals surface area contributed by atoms with Crippen molar-refractivity contribution in [3.8, 4) is 0 Å². The number of rotatable bonds is 5. The summed E-state index contributed by atoms with van der Waals surface area (Å²) in [4.78, 5) is 23.2. The predicted octanol–water partition coefficient (Wildman–Crippen LogP) is -0.820. The van der Waals surface area contributed by atoms with Crippen molar-refractivity contribution in [3.63, 3.8) is 0 Å². The molecule has 0 heterocycles. The molecule has 1 aromatic rings. The van der Waals surface area contributed by atoms with Crippen LogP contribution >= 0.6 is 0 Å². The Morgan fingerprint density at radius 2 is 1.30 bits per heavy atom. The Hall–Kier alpha value is -0.294. The van der Waals surface area contributed by atoms with Crippen LogP contribution in [0.4, 0.5) is 0 Å². The predicted molar refractivity (Wildman–Crippen MR) is 78.5 cm³/mol. The van der Waals surface area contributed by atoms with Crippen LogP contribution in [0.15, 0.2) is 23.1 Å². The maximum Gasteiger partial charge on any atom is 1.00 e. The van der Waals surface area contributed by atoms with Crippen molar-refractivity contribution < 1.29 is 84.8 Å². The molecule has 0 aliphatic carbocycles. The Balaban J connectivity index is 0. The first-order valence-electron chi connectivity index (χ1n) is 6.55. The Bertz CT molecular complexity index is 646. The third-order valence-corrected chi connectivity index (χ3v) is 3.19. The fourth-order valence-electron chi connectivity index (χ4n) is 1.55. The van der Waals surface area contributed by atoms with Crippen LogP contribution in [0.2, 0.25) is 0 Å². The molecule has 0 saturated carbocycles. The third kappa shape index (κ3) is 7.42. The molecule has 0 atom stereocenters. The first-order valence-corrected chi connectivity index (χ1v) is 7.99. The second kappa shape index (κ2) is 9.26. The van der Waals surface area contributed by atoms with E-state index in [1.807, 2.05) is 0 Å². The molecule has 0 bridgehead atoms. The van der Waals surface area contributed by atoms with Gasteiger partial charge in [-0.3, -0.25) is 4.55 Å². The molecule has 124 valence electrons. The van der Waals surface area contributed by atoms with Crippen molar-refractivity contribution in [2.45, 2.75) is 44.8 Å². The number of carbonyl (C=O) groups is 2. The van der Waals surface area contributed by atoms with E-state index in [9.17, 15) is 18.0 Å². The van der Waals surface area contributed by atoms with E-state index < -0.39 is 39.2 Å². The van der Waals surface area contributed by atoms with Gasteiger partial charge in [-0.05, 0) is 45.9 Å². The molecule has 0 aromatic heterocycles. The van der Waals surface area contributed by atoms with Crippen molar-refractivity contribution >= 4 is 22.1 Å². The summed E-state index contributed by atoms with van der Waals surface area (Å²) in [5, 5.41) is 0. The van der Waals surface area contributed by atoms with Gasteiger partial charge in [0.05, 0.1) is 28.2 Å². The van der Waals surface area contributed by atoms with E-state index in [0.717, 1.165) is 18.2 Å². The molecular weight excluding hydrogens is 351 g/mol. The second-order valence-corrected chi connectivity index (χ2v) is 6.55. The third-order valence-electron chi connectivity index (χ3n) is 2.36. The molecular formula is C14H19KO7S. The van der Waals surface area contributed by atoms with Gasteiger partial charge in [-0.25, -0.2) is 9.59 Å². The SMILES string of the molecule is CC(C)OC(=O)c1cc(C(=O)OC(C)C)cc(S(=O)(=O)O)c1.[H-].[K+]. The second-order valence-electron chi connectivity index (χ2n) is 5.13. The number of benzene rings is 1. The fourth-order valence-corrected chi connectivity index (χ4v) is 2.10. The first-order chi connectivity index (χ1) is 10.0. The number of esters is 2. The van der Waals surface area contributed by atoms with Crippen LogP contribution in [-0.4, -0.2) is 37.1 Å². The van der Waals surface area contributed by atoms with Crippen molar-refractivity contribution in [1.82, 2.24) is 0 Å². The van der Waals surface area contributed by atoms with Gasteiger partial charge >= 0.3 is 63.3 Å². The van der Waals surface area contributed by atoms with Crippen molar-refractivity contribution in [2.24, 2.45) is 0 Å². The van der Waals surface area contributed by atoms with Gasteiger partial charge in [-0.1, -0.05) is 0 Å². The van der Waals surface area contributed by atoms with Crippen LogP contribution in [0.5, 0.6) is 0 Å². The average Bonchev–Trinajstić information content (AvgIpc) is 2.35. The van der Waals surface area contributed by atoms with Crippen LogP contribution in [0.1, 0.15) is 49.8 Å². The normalized spacial score (nSPS) is 11.1. The minimum absolute atomic E-state index is 0. The molecule has 9 heteroatoms. The Morgan fingerprint density at radius 1 is 0.957 bits per heavy atom. The van der Waals surface area contributed by atoms with Crippen LogP contribution in [-0.2, 0) is 19.6 Å². The zero-order chi connectivity index (χ0) is 17.1. The summed E-state index contributed by atoms with van der Waals surface area (Å²) in [7, 11) is -4.59. The molecule has 1 N–H and O–H groups in total. The summed E-state index contributed by atoms with van der Waals surface area (Å²) in [6, 6.07) is 3.03. The number of ether oxygens (including phenoxy) is 2. The van der Waals surface area contributed by atoms with Crippen molar-refractivity contribution in [3.05, 3.63) is 29.3 Å². The molecule has 1 rings (SSSR count). The quantitative estimate of drug-likeness (QED) is 0.410. The molecule has 0 aliphatic rings. The summed E-state index contributed by atoms with van der Waals surface area (Å²) in [6.07, 6.45) is -0.846. The average molecular weight is 370 g/mol. The van der Waals surface area contributed by atoms with Gasteiger partial charge in [-0.2, -0.15) is 8.42 Å². The minimum atomic E-state index is -4.59. The van der Waals surface area contributed by atoms with Gasteiger partial charge in [0.25, 0.3) is 10.1 Å². The molecule has 1 aromatic carbocycles. The summed E-state index contributed by atoms with van der Waals surface area (Å²) >= 11 is 0. The van der Waals surface area contributed by atoms with Gasteiger partial charge < -0.3 is 10.9 Å². The molecule has 7 nitrogen and oxygen atoms in total. The molecule has 0 radical (unpaired) electrons. The summed E-state index contributed by atoms with van der Waals surface area (Å²) in [5.41, 5.74) is -0.334. The molecule has 23 heavy (non-hydrogen) atoms. The summed E-state index contributed by atoms with van der Waals surface area (Å²) in [6.45, 7) is 6.49. The van der Waals surface area contributed by atoms with Crippen LogP contribution in [0.25, 0.3) is 0 Å². The monoisotopic (exact) mass is 370 g/mol. The van der Waals surface area contributed by atoms with E-state index in [4.69, 9.17) is 14.0 Å². The zero-order valence-electron chi connectivity index (χ0n) is 14.7. The Kier molecular flexibility index (Phi) is 9.14. The van der Waals surface area contributed by atoms with Gasteiger partial charge in [-0.15, -0.1) is 0 Å². The molecule has 0 amide bonds. The van der Waals surface area contributed by atoms with E-state index in [2.05, 4.69) is 0 Å². The van der Waals surface area contributed by atoms with Gasteiger partial charge in [0.15, 0.2) is 0 Å². The smallest absolute Gasteiger partial charge is 1.00 e. The maximum atomic E-state index is 11.9. The molecule has 0 spiro atoms. The zero-order valence-corrected chi connectivity index (χ0v) is 17.6. The number of hydrogen-bond acceptors (Lipinski definition) is 6. The first kappa shape index (κ1) is 22.7. The van der Waals surface area contributed by atoms with Gasteiger partial charge in [0.2, 0.25) is 0 Å². The Labute approximate surface area is 179 Å². The molecule has 0 aliphatic heterocycles. The molecule has 0 unspecified atom stereocenters. The van der Waals surface area contributed by atoms with Crippen LogP contribution in [0, 0.1) is 0 Å². The number of carbonyl (C=O) groups excluding carboxylic acids is 2. The van der Waals surface area contributed by atoms with Crippen LogP contribution < -0.4 is 51.4 Å². The topological polar surface area (TPSA) is 107 Å². The van der Waals surface area contributed by atoms with E-state index in [-0.39, 0.29) is 63.9 Å². The van der Waals surface area contributed by atoms with E-state index in [1.165, 1.54) is 0 Å². The number of hydrogen-bond donors (Lipinski definition) is 1. The molecule has 0 saturated heterocycles. The van der Waals surface area contributed by atoms with E-state index in [0.29, 0.717) is 0 Å². The van der Waals surface area contributed by atoms with Crippen molar-refractivity contribution in [1.29, 1.82) is 0 Å².